The van der Waals surface area contributed by atoms with Crippen LogP contribution in [0.25, 0.3) is 11.3 Å². The first-order chi connectivity index (χ1) is 8.75. The third-order valence-corrected chi connectivity index (χ3v) is 2.55. The topological polar surface area (TPSA) is 38.9 Å². The van der Waals surface area contributed by atoms with E-state index in [1.54, 1.807) is 0 Å². The first kappa shape index (κ1) is 13.6. The molecule has 0 amide bonds. The Bertz CT molecular complexity index is 605. The van der Waals surface area contributed by atoms with E-state index in [1.807, 2.05) is 0 Å². The van der Waals surface area contributed by atoms with Crippen molar-refractivity contribution in [1.29, 1.82) is 0 Å². The number of aromatic nitrogens is 1. The van der Waals surface area contributed by atoms with E-state index in [-0.39, 0.29) is 22.1 Å². The van der Waals surface area contributed by atoms with Crippen LogP contribution in [0.15, 0.2) is 30.3 Å². The summed E-state index contributed by atoms with van der Waals surface area (Å²) in [6.45, 7) is 0. The predicted octanol–water partition coefficient (Wildman–Crippen LogP) is 4.14. The number of pyridine rings is 1. The summed E-state index contributed by atoms with van der Waals surface area (Å²) in [5.74, 6) is -0.967. The van der Waals surface area contributed by atoms with Crippen LogP contribution in [0, 0.1) is 5.82 Å². The summed E-state index contributed by atoms with van der Waals surface area (Å²) in [4.78, 5) is 3.83. The van der Waals surface area contributed by atoms with Crippen molar-refractivity contribution in [2.75, 3.05) is 5.73 Å². The molecule has 0 unspecified atom stereocenters. The minimum absolute atomic E-state index is 0.0403. The highest BCUT2D eigenvalue weighted by Crippen LogP contribution is 2.33. The van der Waals surface area contributed by atoms with Crippen LogP contribution in [0.1, 0.15) is 5.56 Å². The van der Waals surface area contributed by atoms with Crippen LogP contribution in [0.4, 0.5) is 23.4 Å². The number of benzene rings is 1. The van der Waals surface area contributed by atoms with E-state index >= 15 is 0 Å². The number of anilines is 1. The van der Waals surface area contributed by atoms with E-state index in [0.29, 0.717) is 6.07 Å². The zero-order valence-corrected chi connectivity index (χ0v) is 10.1. The van der Waals surface area contributed by atoms with Crippen LogP contribution >= 0.6 is 11.6 Å². The first-order valence-electron chi connectivity index (χ1n) is 5.07. The second-order valence-corrected chi connectivity index (χ2v) is 4.26. The molecule has 0 bridgehead atoms. The average Bonchev–Trinajstić information content (AvgIpc) is 2.25. The number of nitrogens with zero attached hydrogens (tertiary/aromatic N) is 1. The third-order valence-electron chi connectivity index (χ3n) is 2.33. The Labute approximate surface area is 110 Å². The summed E-state index contributed by atoms with van der Waals surface area (Å²) >= 11 is 5.73. The molecule has 0 saturated heterocycles. The van der Waals surface area contributed by atoms with Crippen molar-refractivity contribution < 1.29 is 17.6 Å². The molecule has 1 aromatic carbocycles. The van der Waals surface area contributed by atoms with Crippen molar-refractivity contribution in [2.45, 2.75) is 6.18 Å². The van der Waals surface area contributed by atoms with Gasteiger partial charge < -0.3 is 5.73 Å². The summed E-state index contributed by atoms with van der Waals surface area (Å²) in [5.41, 5.74) is 4.39. The highest BCUT2D eigenvalue weighted by atomic mass is 35.5. The highest BCUT2D eigenvalue weighted by Gasteiger charge is 2.31. The van der Waals surface area contributed by atoms with E-state index in [9.17, 15) is 17.6 Å². The lowest BCUT2D eigenvalue weighted by Gasteiger charge is -2.09. The third kappa shape index (κ3) is 3.14. The van der Waals surface area contributed by atoms with Gasteiger partial charge in [-0.2, -0.15) is 13.2 Å². The molecule has 19 heavy (non-hydrogen) atoms. The quantitative estimate of drug-likeness (QED) is 0.802. The summed E-state index contributed by atoms with van der Waals surface area (Å²) in [6.07, 6.45) is -4.64. The molecule has 2 N–H and O–H groups in total. The normalized spacial score (nSPS) is 11.6. The van der Waals surface area contributed by atoms with Gasteiger partial charge in [-0.3, -0.25) is 0 Å². The second-order valence-electron chi connectivity index (χ2n) is 3.82. The lowest BCUT2D eigenvalue weighted by Crippen LogP contribution is -2.06. The molecular weight excluding hydrogens is 284 g/mol. The summed E-state index contributed by atoms with van der Waals surface area (Å²) in [7, 11) is 0. The van der Waals surface area contributed by atoms with E-state index in [4.69, 9.17) is 17.3 Å². The number of nitrogens with two attached hydrogens (primary N) is 1. The minimum Gasteiger partial charge on any atom is -0.384 e. The molecule has 0 aliphatic heterocycles. The molecule has 0 fully saturated rings. The second kappa shape index (κ2) is 4.70. The molecule has 0 saturated carbocycles. The molecule has 100 valence electrons. The maximum Gasteiger partial charge on any atom is 0.416 e. The molecule has 0 aliphatic rings. The van der Waals surface area contributed by atoms with Gasteiger partial charge in [0.15, 0.2) is 0 Å². The molecule has 2 rings (SSSR count). The Morgan fingerprint density at radius 1 is 1.05 bits per heavy atom. The summed E-state index contributed by atoms with van der Waals surface area (Å²) in [5, 5.41) is 0.209. The maximum absolute atomic E-state index is 13.3. The summed E-state index contributed by atoms with van der Waals surface area (Å²) in [6, 6.07) is 4.80. The Morgan fingerprint density at radius 3 is 2.32 bits per heavy atom. The monoisotopic (exact) mass is 290 g/mol. The molecule has 1 heterocycles. The molecule has 0 aliphatic carbocycles. The van der Waals surface area contributed by atoms with E-state index in [1.165, 1.54) is 12.1 Å². The number of nitrogen functional groups attached to an aromatic ring is 1. The van der Waals surface area contributed by atoms with Crippen molar-refractivity contribution in [1.82, 2.24) is 4.98 Å². The maximum atomic E-state index is 13.3. The lowest BCUT2D eigenvalue weighted by molar-refractivity contribution is -0.137. The standard InChI is InChI=1S/C12H7ClF4N2/c13-8-4-10(19-11(18)5-8)6-1-7(12(15,16)17)3-9(14)2-6/h1-5H,(H2,18,19). The van der Waals surface area contributed by atoms with Gasteiger partial charge in [0, 0.05) is 10.6 Å². The number of hydrogen-bond donors (Lipinski definition) is 1. The largest absolute Gasteiger partial charge is 0.416 e. The fraction of sp³-hybridized carbons (Fsp3) is 0.0833. The molecule has 7 heteroatoms. The number of rotatable bonds is 1. The first-order valence-corrected chi connectivity index (χ1v) is 5.45. The fourth-order valence-electron chi connectivity index (χ4n) is 1.57. The number of alkyl halides is 3. The Kier molecular flexibility index (Phi) is 3.36. The van der Waals surface area contributed by atoms with E-state index in [0.717, 1.165) is 12.1 Å². The van der Waals surface area contributed by atoms with Crippen molar-refractivity contribution in [3.8, 4) is 11.3 Å². The summed E-state index contributed by atoms with van der Waals surface area (Å²) < 4.78 is 51.0. The van der Waals surface area contributed by atoms with Gasteiger partial charge in [-0.05, 0) is 30.3 Å². The van der Waals surface area contributed by atoms with Gasteiger partial charge in [0.1, 0.15) is 11.6 Å². The Morgan fingerprint density at radius 2 is 1.74 bits per heavy atom. The van der Waals surface area contributed by atoms with Gasteiger partial charge in [0.25, 0.3) is 0 Å². The Balaban J connectivity index is 2.59. The number of halogens is 5. The minimum atomic E-state index is -4.64. The fourth-order valence-corrected chi connectivity index (χ4v) is 1.78. The molecule has 0 atom stereocenters. The SMILES string of the molecule is Nc1cc(Cl)cc(-c2cc(F)cc(C(F)(F)F)c2)n1. The van der Waals surface area contributed by atoms with Gasteiger partial charge in [0.05, 0.1) is 11.3 Å². The molecule has 2 aromatic rings. The van der Waals surface area contributed by atoms with Crippen LogP contribution in [0.2, 0.25) is 5.02 Å². The van der Waals surface area contributed by atoms with Gasteiger partial charge in [-0.25, -0.2) is 9.37 Å². The van der Waals surface area contributed by atoms with Gasteiger partial charge in [-0.15, -0.1) is 0 Å². The van der Waals surface area contributed by atoms with Gasteiger partial charge in [0.2, 0.25) is 0 Å². The zero-order chi connectivity index (χ0) is 14.2. The highest BCUT2D eigenvalue weighted by molar-refractivity contribution is 6.31. The molecule has 0 radical (unpaired) electrons. The molecular formula is C12H7ClF4N2. The Hall–Kier alpha value is -1.82. The molecule has 1 aromatic heterocycles. The molecule has 0 spiro atoms. The van der Waals surface area contributed by atoms with Gasteiger partial charge >= 0.3 is 6.18 Å². The van der Waals surface area contributed by atoms with Crippen LogP contribution in [-0.2, 0) is 6.18 Å². The average molecular weight is 291 g/mol. The van der Waals surface area contributed by atoms with Crippen LogP contribution < -0.4 is 5.73 Å². The molecule has 2 nitrogen and oxygen atoms in total. The van der Waals surface area contributed by atoms with Crippen molar-refractivity contribution >= 4 is 17.4 Å². The van der Waals surface area contributed by atoms with E-state index in [2.05, 4.69) is 4.98 Å². The smallest absolute Gasteiger partial charge is 0.384 e. The van der Waals surface area contributed by atoms with Crippen molar-refractivity contribution in [3.63, 3.8) is 0 Å². The van der Waals surface area contributed by atoms with Gasteiger partial charge in [-0.1, -0.05) is 11.6 Å². The van der Waals surface area contributed by atoms with Crippen LogP contribution in [0.5, 0.6) is 0 Å². The predicted molar refractivity (Wildman–Crippen MR) is 64.1 cm³/mol. The zero-order valence-electron chi connectivity index (χ0n) is 9.30. The van der Waals surface area contributed by atoms with E-state index < -0.39 is 17.6 Å². The van der Waals surface area contributed by atoms with Crippen LogP contribution in [-0.4, -0.2) is 4.98 Å². The van der Waals surface area contributed by atoms with Crippen LogP contribution in [0.3, 0.4) is 0 Å². The van der Waals surface area contributed by atoms with Crippen molar-refractivity contribution in [2.24, 2.45) is 0 Å². The number of hydrogen-bond acceptors (Lipinski definition) is 2. The van der Waals surface area contributed by atoms with Crippen molar-refractivity contribution in [3.05, 3.63) is 46.7 Å². The lowest BCUT2D eigenvalue weighted by atomic mass is 10.1.